The van der Waals surface area contributed by atoms with Crippen LogP contribution in [-0.4, -0.2) is 22.8 Å². The van der Waals surface area contributed by atoms with E-state index in [9.17, 15) is 4.39 Å². The maximum atomic E-state index is 13.3. The first-order valence-corrected chi connectivity index (χ1v) is 7.00. The molecule has 0 aliphatic heterocycles. The number of halogens is 3. The molecule has 0 saturated carbocycles. The summed E-state index contributed by atoms with van der Waals surface area (Å²) in [6, 6.07) is 5.14. The Labute approximate surface area is 113 Å². The first-order valence-electron chi connectivity index (χ1n) is 5.08. The van der Waals surface area contributed by atoms with Crippen LogP contribution in [0, 0.1) is 5.82 Å². The van der Waals surface area contributed by atoms with E-state index in [1.807, 2.05) is 13.1 Å². The Morgan fingerprint density at radius 1 is 1.38 bits per heavy atom. The number of hydrogen-bond acceptors (Lipinski definition) is 1. The van der Waals surface area contributed by atoms with Crippen LogP contribution in [0.25, 0.3) is 0 Å². The number of hydrogen-bond donors (Lipinski definition) is 0. The van der Waals surface area contributed by atoms with Crippen LogP contribution in [0.4, 0.5) is 4.39 Å². The van der Waals surface area contributed by atoms with E-state index in [1.54, 1.807) is 6.07 Å². The van der Waals surface area contributed by atoms with E-state index in [1.165, 1.54) is 6.07 Å². The molecule has 1 nitrogen and oxygen atoms in total. The van der Waals surface area contributed by atoms with Gasteiger partial charge < -0.3 is 0 Å². The summed E-state index contributed by atoms with van der Waals surface area (Å²) in [5, 5.41) is 0.878. The minimum atomic E-state index is -0.206. The molecule has 4 heteroatoms. The van der Waals surface area contributed by atoms with E-state index in [4.69, 9.17) is 0 Å². The smallest absolute Gasteiger partial charge is 0.137 e. The van der Waals surface area contributed by atoms with Gasteiger partial charge in [-0.3, -0.25) is 4.90 Å². The minimum Gasteiger partial charge on any atom is -0.296 e. The van der Waals surface area contributed by atoms with Gasteiger partial charge >= 0.3 is 0 Å². The topological polar surface area (TPSA) is 3.24 Å². The van der Waals surface area contributed by atoms with Crippen LogP contribution in [0.2, 0.25) is 0 Å². The van der Waals surface area contributed by atoms with Crippen LogP contribution in [0.3, 0.4) is 0 Å². The highest BCUT2D eigenvalue weighted by Crippen LogP contribution is 2.24. The molecule has 0 aliphatic rings. The number of alkyl halides is 1. The third-order valence-corrected chi connectivity index (χ3v) is 5.06. The molecular formula is C12H16Br2FN. The summed E-state index contributed by atoms with van der Waals surface area (Å²) >= 11 is 6.77. The van der Waals surface area contributed by atoms with E-state index in [0.717, 1.165) is 17.4 Å². The van der Waals surface area contributed by atoms with Crippen molar-refractivity contribution >= 4 is 31.9 Å². The lowest BCUT2D eigenvalue weighted by molar-refractivity contribution is 0.173. The van der Waals surface area contributed by atoms with Crippen molar-refractivity contribution in [3.8, 4) is 0 Å². The van der Waals surface area contributed by atoms with Gasteiger partial charge in [0.1, 0.15) is 5.82 Å². The lowest BCUT2D eigenvalue weighted by Gasteiger charge is -2.34. The molecule has 0 saturated heterocycles. The summed E-state index contributed by atoms with van der Waals surface area (Å²) in [4.78, 5) is 2.20. The molecule has 0 unspecified atom stereocenters. The van der Waals surface area contributed by atoms with Crippen LogP contribution in [0.5, 0.6) is 0 Å². The van der Waals surface area contributed by atoms with Gasteiger partial charge in [-0.2, -0.15) is 0 Å². The van der Waals surface area contributed by atoms with Crippen LogP contribution < -0.4 is 0 Å². The molecule has 0 amide bonds. The van der Waals surface area contributed by atoms with Gasteiger partial charge in [-0.05, 0) is 48.5 Å². The summed E-state index contributed by atoms with van der Waals surface area (Å²) in [5.41, 5.74) is 1.02. The Bertz CT molecular complexity index is 366. The fraction of sp³-hybridized carbons (Fsp3) is 0.500. The van der Waals surface area contributed by atoms with Crippen molar-refractivity contribution in [3.05, 3.63) is 34.1 Å². The molecule has 0 aliphatic carbocycles. The molecule has 90 valence electrons. The van der Waals surface area contributed by atoms with E-state index in [0.29, 0.717) is 4.47 Å². The van der Waals surface area contributed by atoms with Gasteiger partial charge in [-0.1, -0.05) is 28.1 Å². The van der Waals surface area contributed by atoms with Gasteiger partial charge in [-0.25, -0.2) is 4.39 Å². The van der Waals surface area contributed by atoms with Crippen molar-refractivity contribution in [1.82, 2.24) is 4.90 Å². The first kappa shape index (κ1) is 14.1. The highest BCUT2D eigenvalue weighted by Gasteiger charge is 2.22. The molecule has 0 heterocycles. The standard InChI is InChI=1S/C12H16Br2FN/c1-12(2,8-13)16(3)7-9-5-4-6-10(15)11(9)14/h4-6H,7-8H2,1-3H3. The van der Waals surface area contributed by atoms with E-state index >= 15 is 0 Å². The SMILES string of the molecule is CN(Cc1cccc(F)c1Br)C(C)(C)CBr. The number of rotatable bonds is 4. The fourth-order valence-electron chi connectivity index (χ4n) is 1.24. The molecule has 0 aromatic heterocycles. The van der Waals surface area contributed by atoms with Crippen molar-refractivity contribution in [2.24, 2.45) is 0 Å². The summed E-state index contributed by atoms with van der Waals surface area (Å²) in [6.07, 6.45) is 0. The predicted molar refractivity (Wildman–Crippen MR) is 73.4 cm³/mol. The summed E-state index contributed by atoms with van der Waals surface area (Å²) in [6.45, 7) is 5.01. The van der Waals surface area contributed by atoms with Gasteiger partial charge in [0.2, 0.25) is 0 Å². The summed E-state index contributed by atoms with van der Waals surface area (Å²) in [5.74, 6) is -0.206. The molecule has 1 rings (SSSR count). The molecule has 0 spiro atoms. The molecule has 0 fully saturated rings. The average Bonchev–Trinajstić information content (AvgIpc) is 2.24. The molecular weight excluding hydrogens is 337 g/mol. The zero-order valence-electron chi connectivity index (χ0n) is 9.73. The summed E-state index contributed by atoms with van der Waals surface area (Å²) in [7, 11) is 2.04. The highest BCUT2D eigenvalue weighted by molar-refractivity contribution is 9.10. The van der Waals surface area contributed by atoms with Crippen molar-refractivity contribution in [2.45, 2.75) is 25.9 Å². The van der Waals surface area contributed by atoms with Crippen LogP contribution in [0.1, 0.15) is 19.4 Å². The van der Waals surface area contributed by atoms with Gasteiger partial charge in [0.05, 0.1) is 4.47 Å². The van der Waals surface area contributed by atoms with Gasteiger partial charge in [0.25, 0.3) is 0 Å². The Balaban J connectivity index is 2.85. The second kappa shape index (κ2) is 5.61. The zero-order valence-corrected chi connectivity index (χ0v) is 12.9. The Hall–Kier alpha value is 0.0700. The number of nitrogens with zero attached hydrogens (tertiary/aromatic N) is 1. The number of benzene rings is 1. The average molecular weight is 353 g/mol. The van der Waals surface area contributed by atoms with E-state index in [2.05, 4.69) is 50.6 Å². The minimum absolute atomic E-state index is 0.0474. The van der Waals surface area contributed by atoms with Crippen LogP contribution >= 0.6 is 31.9 Å². The molecule has 16 heavy (non-hydrogen) atoms. The second-order valence-electron chi connectivity index (χ2n) is 4.52. The summed E-state index contributed by atoms with van der Waals surface area (Å²) < 4.78 is 13.9. The quantitative estimate of drug-likeness (QED) is 0.734. The Kier molecular flexibility index (Phi) is 4.95. The maximum absolute atomic E-state index is 13.3. The predicted octanol–water partition coefficient (Wildman–Crippen LogP) is 4.19. The monoisotopic (exact) mass is 351 g/mol. The highest BCUT2D eigenvalue weighted by atomic mass is 79.9. The van der Waals surface area contributed by atoms with Crippen molar-refractivity contribution in [2.75, 3.05) is 12.4 Å². The van der Waals surface area contributed by atoms with Gasteiger partial charge in [0.15, 0.2) is 0 Å². The van der Waals surface area contributed by atoms with E-state index in [-0.39, 0.29) is 11.4 Å². The Morgan fingerprint density at radius 3 is 2.56 bits per heavy atom. The molecule has 0 N–H and O–H groups in total. The molecule has 1 aromatic carbocycles. The van der Waals surface area contributed by atoms with Crippen LogP contribution in [-0.2, 0) is 6.54 Å². The lowest BCUT2D eigenvalue weighted by Crippen LogP contribution is -2.42. The zero-order chi connectivity index (χ0) is 12.3. The molecule has 0 radical (unpaired) electrons. The van der Waals surface area contributed by atoms with Crippen molar-refractivity contribution < 1.29 is 4.39 Å². The van der Waals surface area contributed by atoms with Crippen molar-refractivity contribution in [3.63, 3.8) is 0 Å². The maximum Gasteiger partial charge on any atom is 0.137 e. The first-order chi connectivity index (χ1) is 7.38. The third kappa shape index (κ3) is 3.28. The van der Waals surface area contributed by atoms with Gasteiger partial charge in [0, 0.05) is 17.4 Å². The molecule has 0 bridgehead atoms. The van der Waals surface area contributed by atoms with E-state index < -0.39 is 0 Å². The third-order valence-electron chi connectivity index (χ3n) is 2.80. The molecule has 0 atom stereocenters. The van der Waals surface area contributed by atoms with Crippen molar-refractivity contribution in [1.29, 1.82) is 0 Å². The largest absolute Gasteiger partial charge is 0.296 e. The van der Waals surface area contributed by atoms with Crippen LogP contribution in [0.15, 0.2) is 22.7 Å². The normalized spacial score (nSPS) is 12.2. The lowest BCUT2D eigenvalue weighted by atomic mass is 10.1. The Morgan fingerprint density at radius 2 is 2.00 bits per heavy atom. The fourth-order valence-corrected chi connectivity index (χ4v) is 2.06. The second-order valence-corrected chi connectivity index (χ2v) is 5.87. The molecule has 1 aromatic rings. The van der Waals surface area contributed by atoms with Gasteiger partial charge in [-0.15, -0.1) is 0 Å².